The van der Waals surface area contributed by atoms with Crippen LogP contribution in [-0.2, 0) is 9.53 Å². The van der Waals surface area contributed by atoms with Crippen LogP contribution < -0.4 is 5.32 Å². The van der Waals surface area contributed by atoms with E-state index in [2.05, 4.69) is 31.0 Å². The number of hydrogen-bond acceptors (Lipinski definition) is 3. The number of nitrogens with zero attached hydrogens (tertiary/aromatic N) is 1. The standard InChI is InChI=1S/C22H30N2O2/c1-4-24(18(2)3)16-15-23-21(25)17-26-22(19-11-7-5-8-12-19)20-13-9-6-10-14-20/h5-14,18,22H,4,15-17H2,1-3H3,(H,23,25). The fourth-order valence-electron chi connectivity index (χ4n) is 2.97. The van der Waals surface area contributed by atoms with Crippen LogP contribution in [0.4, 0.5) is 0 Å². The number of carbonyl (C=O) groups is 1. The summed E-state index contributed by atoms with van der Waals surface area (Å²) in [6.07, 6.45) is -0.244. The molecule has 2 rings (SSSR count). The third-order valence-electron chi connectivity index (χ3n) is 4.44. The van der Waals surface area contributed by atoms with Gasteiger partial charge in [-0.3, -0.25) is 9.69 Å². The third kappa shape index (κ3) is 6.28. The topological polar surface area (TPSA) is 41.6 Å². The number of nitrogens with one attached hydrogen (secondary N) is 1. The van der Waals surface area contributed by atoms with Crippen LogP contribution in [0.25, 0.3) is 0 Å². The number of benzene rings is 2. The highest BCUT2D eigenvalue weighted by atomic mass is 16.5. The summed E-state index contributed by atoms with van der Waals surface area (Å²) in [5.74, 6) is -0.0818. The molecule has 140 valence electrons. The molecule has 0 bridgehead atoms. The zero-order chi connectivity index (χ0) is 18.8. The molecule has 0 unspecified atom stereocenters. The Hall–Kier alpha value is -2.17. The average molecular weight is 354 g/mol. The fourth-order valence-corrected chi connectivity index (χ4v) is 2.97. The molecule has 0 aromatic heterocycles. The zero-order valence-corrected chi connectivity index (χ0v) is 16.0. The molecule has 1 N–H and O–H groups in total. The fraction of sp³-hybridized carbons (Fsp3) is 0.409. The first kappa shape index (κ1) is 20.1. The van der Waals surface area contributed by atoms with Gasteiger partial charge in [-0.15, -0.1) is 0 Å². The van der Waals surface area contributed by atoms with Crippen LogP contribution >= 0.6 is 0 Å². The Kier molecular flexibility index (Phi) is 8.32. The van der Waals surface area contributed by atoms with Crippen molar-refractivity contribution in [3.05, 3.63) is 71.8 Å². The minimum atomic E-state index is -0.244. The lowest BCUT2D eigenvalue weighted by Gasteiger charge is -2.24. The molecule has 0 spiro atoms. The first-order valence-electron chi connectivity index (χ1n) is 9.34. The summed E-state index contributed by atoms with van der Waals surface area (Å²) in [6, 6.07) is 20.5. The molecule has 0 saturated heterocycles. The van der Waals surface area contributed by atoms with Gasteiger partial charge in [0.1, 0.15) is 12.7 Å². The van der Waals surface area contributed by atoms with Crippen molar-refractivity contribution >= 4 is 5.91 Å². The Morgan fingerprint density at radius 1 is 1.00 bits per heavy atom. The molecule has 0 aliphatic carbocycles. The number of rotatable bonds is 10. The molecular weight excluding hydrogens is 324 g/mol. The second-order valence-electron chi connectivity index (χ2n) is 6.58. The monoisotopic (exact) mass is 354 g/mol. The molecule has 4 nitrogen and oxygen atoms in total. The van der Waals surface area contributed by atoms with Crippen LogP contribution in [0.15, 0.2) is 60.7 Å². The first-order chi connectivity index (χ1) is 12.6. The van der Waals surface area contributed by atoms with Crippen LogP contribution in [0, 0.1) is 0 Å². The van der Waals surface area contributed by atoms with Crippen molar-refractivity contribution in [2.24, 2.45) is 0 Å². The van der Waals surface area contributed by atoms with E-state index in [0.717, 1.165) is 24.2 Å². The van der Waals surface area contributed by atoms with Gasteiger partial charge in [-0.1, -0.05) is 67.6 Å². The molecular formula is C22H30N2O2. The van der Waals surface area contributed by atoms with Gasteiger partial charge in [-0.05, 0) is 31.5 Å². The molecule has 1 amide bonds. The van der Waals surface area contributed by atoms with E-state index in [9.17, 15) is 4.79 Å². The average Bonchev–Trinajstić information content (AvgIpc) is 2.67. The van der Waals surface area contributed by atoms with Crippen LogP contribution in [0.1, 0.15) is 38.0 Å². The summed E-state index contributed by atoms with van der Waals surface area (Å²) in [5.41, 5.74) is 2.09. The lowest BCUT2D eigenvalue weighted by atomic mass is 10.0. The lowest BCUT2D eigenvalue weighted by Crippen LogP contribution is -2.39. The number of amides is 1. The highest BCUT2D eigenvalue weighted by molar-refractivity contribution is 5.77. The molecule has 26 heavy (non-hydrogen) atoms. The molecule has 0 aliphatic heterocycles. The molecule has 2 aromatic rings. The Morgan fingerprint density at radius 2 is 1.54 bits per heavy atom. The summed E-state index contributed by atoms with van der Waals surface area (Å²) in [7, 11) is 0. The van der Waals surface area contributed by atoms with Gasteiger partial charge >= 0.3 is 0 Å². The van der Waals surface area contributed by atoms with E-state index in [0.29, 0.717) is 12.6 Å². The van der Waals surface area contributed by atoms with Gasteiger partial charge in [0.25, 0.3) is 0 Å². The summed E-state index contributed by atoms with van der Waals surface area (Å²) in [6.45, 7) is 8.97. The van der Waals surface area contributed by atoms with Crippen molar-refractivity contribution in [3.63, 3.8) is 0 Å². The van der Waals surface area contributed by atoms with Crippen molar-refractivity contribution in [3.8, 4) is 0 Å². The van der Waals surface area contributed by atoms with E-state index >= 15 is 0 Å². The second-order valence-corrected chi connectivity index (χ2v) is 6.58. The summed E-state index contributed by atoms with van der Waals surface area (Å²) in [5, 5.41) is 2.96. The van der Waals surface area contributed by atoms with E-state index < -0.39 is 0 Å². The molecule has 4 heteroatoms. The van der Waals surface area contributed by atoms with E-state index in [1.807, 2.05) is 60.7 Å². The van der Waals surface area contributed by atoms with Gasteiger partial charge in [-0.25, -0.2) is 0 Å². The van der Waals surface area contributed by atoms with Gasteiger partial charge in [0, 0.05) is 19.1 Å². The summed E-state index contributed by atoms with van der Waals surface area (Å²) in [4.78, 5) is 14.5. The first-order valence-corrected chi connectivity index (χ1v) is 9.34. The quantitative estimate of drug-likeness (QED) is 0.708. The van der Waals surface area contributed by atoms with Gasteiger partial charge in [0.2, 0.25) is 5.91 Å². The van der Waals surface area contributed by atoms with E-state index in [4.69, 9.17) is 4.74 Å². The minimum Gasteiger partial charge on any atom is -0.359 e. The predicted octanol–water partition coefficient (Wildman–Crippen LogP) is 3.64. The second kappa shape index (κ2) is 10.7. The Morgan fingerprint density at radius 3 is 2.00 bits per heavy atom. The zero-order valence-electron chi connectivity index (χ0n) is 16.0. The summed E-state index contributed by atoms with van der Waals surface area (Å²) < 4.78 is 5.98. The maximum Gasteiger partial charge on any atom is 0.246 e. The van der Waals surface area contributed by atoms with Crippen molar-refractivity contribution in [1.82, 2.24) is 10.2 Å². The Bertz CT molecular complexity index is 604. The Labute approximate surface area is 157 Å². The van der Waals surface area contributed by atoms with E-state index in [-0.39, 0.29) is 18.6 Å². The van der Waals surface area contributed by atoms with Crippen LogP contribution in [0.3, 0.4) is 0 Å². The number of likely N-dealkylation sites (N-methyl/N-ethyl adjacent to an activating group) is 1. The lowest BCUT2D eigenvalue weighted by molar-refractivity contribution is -0.127. The normalized spacial score (nSPS) is 11.3. The predicted molar refractivity (Wildman–Crippen MR) is 106 cm³/mol. The van der Waals surface area contributed by atoms with Gasteiger partial charge in [0.15, 0.2) is 0 Å². The highest BCUT2D eigenvalue weighted by Gasteiger charge is 2.16. The van der Waals surface area contributed by atoms with Gasteiger partial charge in [-0.2, -0.15) is 0 Å². The largest absolute Gasteiger partial charge is 0.359 e. The number of ether oxygens (including phenoxy) is 1. The summed E-state index contributed by atoms with van der Waals surface area (Å²) >= 11 is 0. The van der Waals surface area contributed by atoms with Crippen LogP contribution in [0.5, 0.6) is 0 Å². The highest BCUT2D eigenvalue weighted by Crippen LogP contribution is 2.25. The van der Waals surface area contributed by atoms with Gasteiger partial charge in [0.05, 0.1) is 0 Å². The van der Waals surface area contributed by atoms with Crippen molar-refractivity contribution in [1.29, 1.82) is 0 Å². The Balaban J connectivity index is 1.90. The van der Waals surface area contributed by atoms with Crippen molar-refractivity contribution in [2.45, 2.75) is 32.9 Å². The molecule has 2 aromatic carbocycles. The van der Waals surface area contributed by atoms with Gasteiger partial charge < -0.3 is 10.1 Å². The molecule has 0 radical (unpaired) electrons. The molecule has 0 fully saturated rings. The van der Waals surface area contributed by atoms with E-state index in [1.54, 1.807) is 0 Å². The van der Waals surface area contributed by atoms with Crippen molar-refractivity contribution in [2.75, 3.05) is 26.2 Å². The number of hydrogen-bond donors (Lipinski definition) is 1. The smallest absolute Gasteiger partial charge is 0.246 e. The maximum absolute atomic E-state index is 12.2. The van der Waals surface area contributed by atoms with Crippen LogP contribution in [0.2, 0.25) is 0 Å². The van der Waals surface area contributed by atoms with Crippen LogP contribution in [-0.4, -0.2) is 43.1 Å². The maximum atomic E-state index is 12.2. The molecule has 0 heterocycles. The SMILES string of the molecule is CCN(CCNC(=O)COC(c1ccccc1)c1ccccc1)C(C)C. The molecule has 0 atom stereocenters. The minimum absolute atomic E-state index is 0.0439. The molecule has 0 saturated carbocycles. The number of carbonyl (C=O) groups excluding carboxylic acids is 1. The van der Waals surface area contributed by atoms with Crippen molar-refractivity contribution < 1.29 is 9.53 Å². The van der Waals surface area contributed by atoms with E-state index in [1.165, 1.54) is 0 Å². The molecule has 0 aliphatic rings. The third-order valence-corrected chi connectivity index (χ3v) is 4.44.